The number of nitrogens with zero attached hydrogens (tertiary/aromatic N) is 1. The summed E-state index contributed by atoms with van der Waals surface area (Å²) >= 11 is 5.86. The summed E-state index contributed by atoms with van der Waals surface area (Å²) in [5.74, 6) is -1.18. The number of hydrogen-bond donors (Lipinski definition) is 1. The first-order valence-corrected chi connectivity index (χ1v) is 8.02. The number of carbonyl (C=O) groups excluding carboxylic acids is 2. The van der Waals surface area contributed by atoms with Gasteiger partial charge in [-0.2, -0.15) is 0 Å². The van der Waals surface area contributed by atoms with E-state index in [-0.39, 0.29) is 30.2 Å². The third-order valence-electron chi connectivity index (χ3n) is 3.68. The van der Waals surface area contributed by atoms with Gasteiger partial charge in [0.25, 0.3) is 5.91 Å². The van der Waals surface area contributed by atoms with Crippen molar-refractivity contribution in [3.05, 3.63) is 53.1 Å². The van der Waals surface area contributed by atoms with Crippen LogP contribution < -0.4 is 14.4 Å². The number of amides is 1. The molecule has 134 valence electrons. The number of carboxylic acid groups (broad SMARTS) is 1. The highest BCUT2D eigenvalue weighted by molar-refractivity contribution is 6.30. The van der Waals surface area contributed by atoms with Gasteiger partial charge in [-0.3, -0.25) is 19.3 Å². The van der Waals surface area contributed by atoms with Crippen molar-refractivity contribution in [1.82, 2.24) is 0 Å². The average Bonchev–Trinajstić information content (AvgIpc) is 2.61. The van der Waals surface area contributed by atoms with Crippen LogP contribution in [0.3, 0.4) is 0 Å². The molecular formula is C18H14ClNO6. The molecule has 0 saturated heterocycles. The maximum absolute atomic E-state index is 12.4. The van der Waals surface area contributed by atoms with Crippen LogP contribution in [-0.4, -0.2) is 42.5 Å². The fraction of sp³-hybridized carbons (Fsp3) is 0.167. The van der Waals surface area contributed by atoms with Gasteiger partial charge in [0, 0.05) is 10.6 Å². The minimum Gasteiger partial charge on any atom is -0.485 e. The van der Waals surface area contributed by atoms with E-state index in [1.807, 2.05) is 0 Å². The summed E-state index contributed by atoms with van der Waals surface area (Å²) in [5, 5.41) is 9.48. The van der Waals surface area contributed by atoms with E-state index in [2.05, 4.69) is 0 Å². The van der Waals surface area contributed by atoms with E-state index in [4.69, 9.17) is 26.2 Å². The molecule has 7 nitrogen and oxygen atoms in total. The Kier molecular flexibility index (Phi) is 5.09. The van der Waals surface area contributed by atoms with Gasteiger partial charge in [0.15, 0.2) is 19.0 Å². The van der Waals surface area contributed by atoms with Crippen molar-refractivity contribution in [2.24, 2.45) is 0 Å². The summed E-state index contributed by atoms with van der Waals surface area (Å²) < 4.78 is 10.7. The summed E-state index contributed by atoms with van der Waals surface area (Å²) in [4.78, 5) is 36.4. The molecular weight excluding hydrogens is 362 g/mol. The SMILES string of the molecule is O=C(O)CN1C(=O)COc2ccc(C(=O)COc3cccc(Cl)c3)cc21. The summed E-state index contributed by atoms with van der Waals surface area (Å²) in [7, 11) is 0. The normalized spacial score (nSPS) is 13.0. The lowest BCUT2D eigenvalue weighted by atomic mass is 10.1. The molecule has 0 saturated carbocycles. The first kappa shape index (κ1) is 17.8. The molecule has 0 aliphatic carbocycles. The van der Waals surface area contributed by atoms with Crippen LogP contribution >= 0.6 is 11.6 Å². The Morgan fingerprint density at radius 1 is 1.23 bits per heavy atom. The van der Waals surface area contributed by atoms with Crippen molar-refractivity contribution in [2.75, 3.05) is 24.7 Å². The minimum atomic E-state index is -1.16. The fourth-order valence-electron chi connectivity index (χ4n) is 2.47. The zero-order valence-electron chi connectivity index (χ0n) is 13.5. The van der Waals surface area contributed by atoms with E-state index in [1.54, 1.807) is 24.3 Å². The Morgan fingerprint density at radius 2 is 2.04 bits per heavy atom. The summed E-state index contributed by atoms with van der Waals surface area (Å²) in [5.41, 5.74) is 0.525. The topological polar surface area (TPSA) is 93.1 Å². The number of halogens is 1. The second kappa shape index (κ2) is 7.45. The molecule has 1 aliphatic heterocycles. The molecule has 1 aliphatic rings. The summed E-state index contributed by atoms with van der Waals surface area (Å²) in [6, 6.07) is 11.1. The van der Waals surface area contributed by atoms with E-state index in [0.29, 0.717) is 16.5 Å². The highest BCUT2D eigenvalue weighted by Crippen LogP contribution is 2.33. The molecule has 26 heavy (non-hydrogen) atoms. The van der Waals surface area contributed by atoms with Crippen LogP contribution in [0.2, 0.25) is 5.02 Å². The smallest absolute Gasteiger partial charge is 0.323 e. The number of Topliss-reactive ketones (excluding diaryl/α,β-unsaturated/α-hetero) is 1. The standard InChI is InChI=1S/C18H14ClNO6/c19-12-2-1-3-13(7-12)25-9-15(21)11-4-5-16-14(6-11)20(8-18(23)24)17(22)10-26-16/h1-7H,8-10H2,(H,23,24). The van der Waals surface area contributed by atoms with Crippen LogP contribution in [0.15, 0.2) is 42.5 Å². The molecule has 0 unspecified atom stereocenters. The molecule has 1 N–H and O–H groups in total. The third kappa shape index (κ3) is 3.94. The fourth-order valence-corrected chi connectivity index (χ4v) is 2.65. The quantitative estimate of drug-likeness (QED) is 0.779. The number of carbonyl (C=O) groups is 3. The van der Waals surface area contributed by atoms with E-state index >= 15 is 0 Å². The summed E-state index contributed by atoms with van der Waals surface area (Å²) in [6.45, 7) is -0.982. The van der Waals surface area contributed by atoms with Gasteiger partial charge in [0.1, 0.15) is 18.0 Å². The van der Waals surface area contributed by atoms with Gasteiger partial charge in [-0.15, -0.1) is 0 Å². The molecule has 0 spiro atoms. The van der Waals surface area contributed by atoms with Gasteiger partial charge in [-0.05, 0) is 36.4 Å². The first-order chi connectivity index (χ1) is 12.4. The predicted octanol–water partition coefficient (Wildman–Crippen LogP) is 2.41. The monoisotopic (exact) mass is 375 g/mol. The van der Waals surface area contributed by atoms with Crippen molar-refractivity contribution >= 4 is 34.9 Å². The molecule has 2 aromatic rings. The molecule has 0 bridgehead atoms. The molecule has 0 aromatic heterocycles. The van der Waals surface area contributed by atoms with E-state index in [9.17, 15) is 14.4 Å². The van der Waals surface area contributed by atoms with Crippen LogP contribution in [0.5, 0.6) is 11.5 Å². The molecule has 3 rings (SSSR count). The largest absolute Gasteiger partial charge is 0.485 e. The number of ketones is 1. The zero-order chi connectivity index (χ0) is 18.7. The molecule has 1 amide bonds. The predicted molar refractivity (Wildman–Crippen MR) is 93.2 cm³/mol. The minimum absolute atomic E-state index is 0.229. The van der Waals surface area contributed by atoms with Crippen LogP contribution in [0.25, 0.3) is 0 Å². The van der Waals surface area contributed by atoms with Crippen molar-refractivity contribution in [3.8, 4) is 11.5 Å². The molecule has 0 radical (unpaired) electrons. The van der Waals surface area contributed by atoms with Gasteiger partial charge < -0.3 is 14.6 Å². The van der Waals surface area contributed by atoms with Crippen molar-refractivity contribution in [3.63, 3.8) is 0 Å². The number of rotatable bonds is 6. The van der Waals surface area contributed by atoms with Gasteiger partial charge in [-0.25, -0.2) is 0 Å². The Hall–Kier alpha value is -3.06. The third-order valence-corrected chi connectivity index (χ3v) is 3.92. The van der Waals surface area contributed by atoms with Crippen LogP contribution in [-0.2, 0) is 9.59 Å². The lowest BCUT2D eigenvalue weighted by Crippen LogP contribution is -2.42. The first-order valence-electron chi connectivity index (χ1n) is 7.64. The summed E-state index contributed by atoms with van der Waals surface area (Å²) in [6.07, 6.45) is 0. The lowest BCUT2D eigenvalue weighted by molar-refractivity contribution is -0.137. The Bertz CT molecular complexity index is 882. The number of ether oxygens (including phenoxy) is 2. The molecule has 2 aromatic carbocycles. The molecule has 0 fully saturated rings. The van der Waals surface area contributed by atoms with Crippen LogP contribution in [0.4, 0.5) is 5.69 Å². The van der Waals surface area contributed by atoms with Gasteiger partial charge in [0.05, 0.1) is 5.69 Å². The van der Waals surface area contributed by atoms with Crippen molar-refractivity contribution in [2.45, 2.75) is 0 Å². The Morgan fingerprint density at radius 3 is 2.77 bits per heavy atom. The number of aliphatic carboxylic acids is 1. The highest BCUT2D eigenvalue weighted by Gasteiger charge is 2.28. The second-order valence-electron chi connectivity index (χ2n) is 5.51. The van der Waals surface area contributed by atoms with Crippen molar-refractivity contribution < 1.29 is 29.0 Å². The number of carboxylic acids is 1. The van der Waals surface area contributed by atoms with E-state index in [0.717, 1.165) is 4.90 Å². The molecule has 0 atom stereocenters. The lowest BCUT2D eigenvalue weighted by Gasteiger charge is -2.28. The van der Waals surface area contributed by atoms with Gasteiger partial charge >= 0.3 is 5.97 Å². The van der Waals surface area contributed by atoms with Crippen LogP contribution in [0, 0.1) is 0 Å². The molecule has 8 heteroatoms. The van der Waals surface area contributed by atoms with Crippen LogP contribution in [0.1, 0.15) is 10.4 Å². The maximum atomic E-state index is 12.4. The second-order valence-corrected chi connectivity index (χ2v) is 5.95. The van der Waals surface area contributed by atoms with Crippen molar-refractivity contribution in [1.29, 1.82) is 0 Å². The van der Waals surface area contributed by atoms with E-state index in [1.165, 1.54) is 18.2 Å². The average molecular weight is 376 g/mol. The molecule has 1 heterocycles. The maximum Gasteiger partial charge on any atom is 0.323 e. The Labute approximate surface area is 153 Å². The van der Waals surface area contributed by atoms with E-state index < -0.39 is 18.4 Å². The number of hydrogen-bond acceptors (Lipinski definition) is 5. The highest BCUT2D eigenvalue weighted by atomic mass is 35.5. The number of fused-ring (bicyclic) bond motifs is 1. The number of benzene rings is 2. The zero-order valence-corrected chi connectivity index (χ0v) is 14.2. The Balaban J connectivity index is 1.78. The number of anilines is 1. The van der Waals surface area contributed by atoms with Gasteiger partial charge in [0.2, 0.25) is 0 Å². The van der Waals surface area contributed by atoms with Gasteiger partial charge in [-0.1, -0.05) is 17.7 Å².